The molecular weight excluding hydrogens is 442 g/mol. The van der Waals surface area contributed by atoms with E-state index in [4.69, 9.17) is 0 Å². The number of amides is 3. The highest BCUT2D eigenvalue weighted by molar-refractivity contribution is 6.01. The molecule has 7 nitrogen and oxygen atoms in total. The number of nitrogens with one attached hydrogen (secondary N) is 3. The molecule has 5 rings (SSSR count). The zero-order valence-corrected chi connectivity index (χ0v) is 19.8. The molecule has 2 aromatic rings. The van der Waals surface area contributed by atoms with Crippen molar-refractivity contribution in [3.05, 3.63) is 69.8 Å². The van der Waals surface area contributed by atoms with Crippen LogP contribution in [0.4, 0.5) is 0 Å². The van der Waals surface area contributed by atoms with Gasteiger partial charge in [-0.15, -0.1) is 0 Å². The average molecular weight is 474 g/mol. The van der Waals surface area contributed by atoms with E-state index in [0.29, 0.717) is 37.8 Å². The summed E-state index contributed by atoms with van der Waals surface area (Å²) in [5.41, 5.74) is 5.91. The minimum absolute atomic E-state index is 0.0861. The Kier molecular flexibility index (Phi) is 6.77. The first-order chi connectivity index (χ1) is 17.0. The molecule has 3 amide bonds. The summed E-state index contributed by atoms with van der Waals surface area (Å²) in [6.45, 7) is 2.18. The highest BCUT2D eigenvalue weighted by Crippen LogP contribution is 2.31. The first-order valence-electron chi connectivity index (χ1n) is 12.6. The Morgan fingerprint density at radius 2 is 1.71 bits per heavy atom. The molecule has 0 bridgehead atoms. The molecule has 35 heavy (non-hydrogen) atoms. The first kappa shape index (κ1) is 23.4. The van der Waals surface area contributed by atoms with Gasteiger partial charge in [0.25, 0.3) is 5.91 Å². The SMILES string of the molecule is O=C1CCC(CCC2CCc3cc(CNC(=O)c4ccc5c(c4)CNCC5)ccc3C2=O)C(=O)N1. The Balaban J connectivity index is 1.17. The number of hydrogen-bond acceptors (Lipinski definition) is 5. The average Bonchev–Trinajstić information content (AvgIpc) is 2.87. The van der Waals surface area contributed by atoms with E-state index in [2.05, 4.69) is 16.0 Å². The van der Waals surface area contributed by atoms with Gasteiger partial charge in [0.1, 0.15) is 0 Å². The van der Waals surface area contributed by atoms with Crippen molar-refractivity contribution < 1.29 is 19.2 Å². The molecule has 1 aliphatic carbocycles. The molecule has 2 aromatic carbocycles. The highest BCUT2D eigenvalue weighted by atomic mass is 16.2. The lowest BCUT2D eigenvalue weighted by Crippen LogP contribution is -2.41. The van der Waals surface area contributed by atoms with E-state index in [1.807, 2.05) is 36.4 Å². The number of fused-ring (bicyclic) bond motifs is 2. The van der Waals surface area contributed by atoms with Crippen molar-refractivity contribution in [1.29, 1.82) is 0 Å². The van der Waals surface area contributed by atoms with Crippen LogP contribution >= 0.6 is 0 Å². The van der Waals surface area contributed by atoms with Gasteiger partial charge in [0.05, 0.1) is 0 Å². The summed E-state index contributed by atoms with van der Waals surface area (Å²) in [5.74, 6) is -0.640. The van der Waals surface area contributed by atoms with Crippen LogP contribution in [0.5, 0.6) is 0 Å². The normalized spacial score (nSPS) is 21.7. The van der Waals surface area contributed by atoms with Crippen molar-refractivity contribution in [2.75, 3.05) is 6.54 Å². The van der Waals surface area contributed by atoms with Crippen LogP contribution in [0.15, 0.2) is 36.4 Å². The highest BCUT2D eigenvalue weighted by Gasteiger charge is 2.31. The summed E-state index contributed by atoms with van der Waals surface area (Å²) in [6.07, 6.45) is 4.80. The molecule has 1 saturated heterocycles. The molecule has 182 valence electrons. The summed E-state index contributed by atoms with van der Waals surface area (Å²) >= 11 is 0. The zero-order valence-electron chi connectivity index (χ0n) is 19.8. The van der Waals surface area contributed by atoms with Gasteiger partial charge in [-0.3, -0.25) is 24.5 Å². The number of Topliss-reactive ketones (excluding diaryl/α,β-unsaturated/α-hetero) is 1. The number of benzene rings is 2. The second kappa shape index (κ2) is 10.1. The molecule has 2 heterocycles. The van der Waals surface area contributed by atoms with E-state index in [-0.39, 0.29) is 35.3 Å². The minimum Gasteiger partial charge on any atom is -0.348 e. The molecule has 0 saturated carbocycles. The molecule has 2 unspecified atom stereocenters. The fourth-order valence-corrected chi connectivity index (χ4v) is 5.48. The van der Waals surface area contributed by atoms with Crippen LogP contribution in [0.1, 0.15) is 75.1 Å². The van der Waals surface area contributed by atoms with Gasteiger partial charge in [-0.1, -0.05) is 24.3 Å². The van der Waals surface area contributed by atoms with E-state index in [9.17, 15) is 19.2 Å². The Bertz CT molecular complexity index is 1190. The van der Waals surface area contributed by atoms with Gasteiger partial charge in [-0.2, -0.15) is 0 Å². The van der Waals surface area contributed by atoms with Gasteiger partial charge in [0.15, 0.2) is 5.78 Å². The summed E-state index contributed by atoms with van der Waals surface area (Å²) in [7, 11) is 0. The van der Waals surface area contributed by atoms with Crippen LogP contribution in [0, 0.1) is 11.8 Å². The predicted octanol–water partition coefficient (Wildman–Crippen LogP) is 2.84. The fourth-order valence-electron chi connectivity index (χ4n) is 5.48. The van der Waals surface area contributed by atoms with Crippen molar-refractivity contribution in [2.24, 2.45) is 11.8 Å². The molecular formula is C28H31N3O4. The largest absolute Gasteiger partial charge is 0.348 e. The summed E-state index contributed by atoms with van der Waals surface area (Å²) in [5, 5.41) is 8.74. The molecule has 2 atom stereocenters. The lowest BCUT2D eigenvalue weighted by atomic mass is 9.78. The minimum atomic E-state index is -0.208. The van der Waals surface area contributed by atoms with E-state index in [1.54, 1.807) is 0 Å². The summed E-state index contributed by atoms with van der Waals surface area (Å²) < 4.78 is 0. The smallest absolute Gasteiger partial charge is 0.251 e. The first-order valence-corrected chi connectivity index (χ1v) is 12.6. The number of aryl methyl sites for hydroxylation is 1. The van der Waals surface area contributed by atoms with E-state index in [1.165, 1.54) is 11.1 Å². The van der Waals surface area contributed by atoms with Crippen molar-refractivity contribution in [1.82, 2.24) is 16.0 Å². The van der Waals surface area contributed by atoms with Crippen LogP contribution in [0.25, 0.3) is 0 Å². The Morgan fingerprint density at radius 3 is 2.57 bits per heavy atom. The Morgan fingerprint density at radius 1 is 0.886 bits per heavy atom. The number of ketones is 1. The maximum absolute atomic E-state index is 13.1. The van der Waals surface area contributed by atoms with E-state index in [0.717, 1.165) is 49.0 Å². The maximum atomic E-state index is 13.1. The number of carbonyl (C=O) groups excluding carboxylic acids is 4. The number of carbonyl (C=O) groups is 4. The van der Waals surface area contributed by atoms with Crippen molar-refractivity contribution in [3.8, 4) is 0 Å². The van der Waals surface area contributed by atoms with Crippen molar-refractivity contribution >= 4 is 23.5 Å². The Labute approximate surface area is 205 Å². The summed E-state index contributed by atoms with van der Waals surface area (Å²) in [4.78, 5) is 49.1. The second-order valence-electron chi connectivity index (χ2n) is 9.91. The van der Waals surface area contributed by atoms with Crippen LogP contribution in [-0.4, -0.2) is 30.0 Å². The molecule has 2 aliphatic heterocycles. The van der Waals surface area contributed by atoms with Gasteiger partial charge in [-0.05, 0) is 79.5 Å². The number of rotatable bonds is 6. The molecule has 3 aliphatic rings. The van der Waals surface area contributed by atoms with Crippen LogP contribution in [-0.2, 0) is 35.5 Å². The van der Waals surface area contributed by atoms with Crippen molar-refractivity contribution in [3.63, 3.8) is 0 Å². The third kappa shape index (κ3) is 5.20. The van der Waals surface area contributed by atoms with Gasteiger partial charge >= 0.3 is 0 Å². The fraction of sp³-hybridized carbons (Fsp3) is 0.429. The van der Waals surface area contributed by atoms with Crippen LogP contribution in [0.2, 0.25) is 0 Å². The lowest BCUT2D eigenvalue weighted by molar-refractivity contribution is -0.136. The van der Waals surface area contributed by atoms with Gasteiger partial charge in [0, 0.05) is 42.5 Å². The van der Waals surface area contributed by atoms with E-state index >= 15 is 0 Å². The predicted molar refractivity (Wildman–Crippen MR) is 131 cm³/mol. The quantitative estimate of drug-likeness (QED) is 0.560. The number of piperidine rings is 1. The van der Waals surface area contributed by atoms with E-state index < -0.39 is 0 Å². The number of hydrogen-bond donors (Lipinski definition) is 3. The van der Waals surface area contributed by atoms with Crippen LogP contribution in [0.3, 0.4) is 0 Å². The molecule has 7 heteroatoms. The molecule has 3 N–H and O–H groups in total. The molecule has 1 fully saturated rings. The topological polar surface area (TPSA) is 104 Å². The standard InChI is InChI=1S/C28H31N3O4/c32-25-10-8-20(28(35)31-25)5-3-19-4-6-21-13-17(1-9-24(21)26(19)33)15-30-27(34)22-7-2-18-11-12-29-16-23(18)14-22/h1-2,7,9,13-14,19-20,29H,3-6,8,10-12,15-16H2,(H,30,34)(H,31,32,35). The monoisotopic (exact) mass is 473 g/mol. The second-order valence-corrected chi connectivity index (χ2v) is 9.91. The van der Waals surface area contributed by atoms with Crippen LogP contribution < -0.4 is 16.0 Å². The van der Waals surface area contributed by atoms with Gasteiger partial charge < -0.3 is 10.6 Å². The third-order valence-corrected chi connectivity index (χ3v) is 7.59. The van der Waals surface area contributed by atoms with Crippen molar-refractivity contribution in [2.45, 2.75) is 58.0 Å². The molecule has 0 spiro atoms. The third-order valence-electron chi connectivity index (χ3n) is 7.59. The molecule has 0 aromatic heterocycles. The van der Waals surface area contributed by atoms with Gasteiger partial charge in [0.2, 0.25) is 11.8 Å². The summed E-state index contributed by atoms with van der Waals surface area (Å²) in [6, 6.07) is 11.7. The Hall–Kier alpha value is -3.32. The lowest BCUT2D eigenvalue weighted by Gasteiger charge is -2.26. The maximum Gasteiger partial charge on any atom is 0.251 e. The van der Waals surface area contributed by atoms with Gasteiger partial charge in [-0.25, -0.2) is 0 Å². The zero-order chi connectivity index (χ0) is 24.4. The number of imide groups is 1. The molecule has 0 radical (unpaired) electrons.